The number of hydrogen-bond donors (Lipinski definition) is 0. The van der Waals surface area contributed by atoms with Crippen LogP contribution >= 0.6 is 0 Å². The van der Waals surface area contributed by atoms with Crippen molar-refractivity contribution in [3.63, 3.8) is 0 Å². The van der Waals surface area contributed by atoms with Gasteiger partial charge in [-0.15, -0.1) is 0 Å². The van der Waals surface area contributed by atoms with Crippen molar-refractivity contribution in [3.05, 3.63) is 30.4 Å². The molecule has 0 fully saturated rings. The molecule has 0 aliphatic carbocycles. The van der Waals surface area contributed by atoms with E-state index in [0.717, 1.165) is 0 Å². The second-order valence-electron chi connectivity index (χ2n) is 1.57. The standard InChI is InChI=1S/C7H5N3/c8-4-1-3-7-9-5-2-6-10-7/h1-3,5-6H. The molecule has 3 nitrogen and oxygen atoms in total. The zero-order chi connectivity index (χ0) is 7.23. The Bertz CT molecular complexity index is 258. The van der Waals surface area contributed by atoms with E-state index in [4.69, 9.17) is 5.26 Å². The van der Waals surface area contributed by atoms with Crippen LogP contribution in [0, 0.1) is 11.3 Å². The van der Waals surface area contributed by atoms with E-state index in [0.29, 0.717) is 5.82 Å². The van der Waals surface area contributed by atoms with E-state index in [9.17, 15) is 0 Å². The third-order valence-corrected chi connectivity index (χ3v) is 0.893. The van der Waals surface area contributed by atoms with Gasteiger partial charge in [-0.1, -0.05) is 0 Å². The summed E-state index contributed by atoms with van der Waals surface area (Å²) >= 11 is 0. The molecule has 10 heavy (non-hydrogen) atoms. The van der Waals surface area contributed by atoms with Crippen LogP contribution in [0.1, 0.15) is 5.82 Å². The zero-order valence-electron chi connectivity index (χ0n) is 5.23. The molecule has 0 aliphatic heterocycles. The Kier molecular flexibility index (Phi) is 2.16. The van der Waals surface area contributed by atoms with Crippen LogP contribution in [0.4, 0.5) is 0 Å². The fourth-order valence-corrected chi connectivity index (χ4v) is 0.508. The Morgan fingerprint density at radius 1 is 1.40 bits per heavy atom. The van der Waals surface area contributed by atoms with Gasteiger partial charge < -0.3 is 0 Å². The van der Waals surface area contributed by atoms with Gasteiger partial charge in [0.2, 0.25) is 0 Å². The van der Waals surface area contributed by atoms with Gasteiger partial charge in [-0.2, -0.15) is 5.26 Å². The molecule has 0 spiro atoms. The summed E-state index contributed by atoms with van der Waals surface area (Å²) in [6.45, 7) is 0. The molecule has 1 rings (SSSR count). The average Bonchev–Trinajstić information content (AvgIpc) is 2.03. The van der Waals surface area contributed by atoms with Crippen molar-refractivity contribution >= 4 is 6.08 Å². The lowest BCUT2D eigenvalue weighted by atomic mass is 10.5. The second-order valence-corrected chi connectivity index (χ2v) is 1.57. The van der Waals surface area contributed by atoms with Gasteiger partial charge in [-0.25, -0.2) is 9.97 Å². The number of rotatable bonds is 1. The number of allylic oxidation sites excluding steroid dienone is 1. The maximum absolute atomic E-state index is 8.14. The zero-order valence-corrected chi connectivity index (χ0v) is 5.23. The molecule has 0 saturated heterocycles. The highest BCUT2D eigenvalue weighted by Crippen LogP contribution is 1.88. The van der Waals surface area contributed by atoms with Crippen molar-refractivity contribution in [1.82, 2.24) is 9.97 Å². The van der Waals surface area contributed by atoms with E-state index < -0.39 is 0 Å². The van der Waals surface area contributed by atoms with Gasteiger partial charge in [-0.05, 0) is 12.1 Å². The quantitative estimate of drug-likeness (QED) is 0.534. The highest BCUT2D eigenvalue weighted by Gasteiger charge is 1.82. The van der Waals surface area contributed by atoms with E-state index in [-0.39, 0.29) is 0 Å². The highest BCUT2D eigenvalue weighted by atomic mass is 14.8. The minimum atomic E-state index is 0.559. The van der Waals surface area contributed by atoms with E-state index >= 15 is 0 Å². The first-order valence-corrected chi connectivity index (χ1v) is 2.76. The van der Waals surface area contributed by atoms with Crippen molar-refractivity contribution < 1.29 is 0 Å². The van der Waals surface area contributed by atoms with Crippen molar-refractivity contribution in [2.45, 2.75) is 0 Å². The molecule has 0 aliphatic rings. The lowest BCUT2D eigenvalue weighted by Crippen LogP contribution is -1.81. The van der Waals surface area contributed by atoms with Gasteiger partial charge in [0.1, 0.15) is 0 Å². The van der Waals surface area contributed by atoms with Crippen LogP contribution in [0.3, 0.4) is 0 Å². The van der Waals surface area contributed by atoms with Crippen molar-refractivity contribution in [2.24, 2.45) is 0 Å². The van der Waals surface area contributed by atoms with E-state index in [1.54, 1.807) is 24.5 Å². The normalized spacial score (nSPS) is 9.50. The molecule has 0 aromatic carbocycles. The Morgan fingerprint density at radius 3 is 2.70 bits per heavy atom. The summed E-state index contributed by atoms with van der Waals surface area (Å²) in [6.07, 6.45) is 6.16. The molecule has 1 aromatic rings. The number of aromatic nitrogens is 2. The monoisotopic (exact) mass is 131 g/mol. The first-order chi connectivity index (χ1) is 4.93. The van der Waals surface area contributed by atoms with E-state index in [2.05, 4.69) is 9.97 Å². The van der Waals surface area contributed by atoms with Gasteiger partial charge in [0.15, 0.2) is 5.82 Å². The van der Waals surface area contributed by atoms with E-state index in [1.807, 2.05) is 6.07 Å². The molecule has 0 radical (unpaired) electrons. The van der Waals surface area contributed by atoms with Crippen LogP contribution in [0.2, 0.25) is 0 Å². The third kappa shape index (κ3) is 1.67. The highest BCUT2D eigenvalue weighted by molar-refractivity contribution is 5.42. The Labute approximate surface area is 58.7 Å². The molecule has 0 amide bonds. The van der Waals surface area contributed by atoms with Gasteiger partial charge >= 0.3 is 0 Å². The first-order valence-electron chi connectivity index (χ1n) is 2.76. The summed E-state index contributed by atoms with van der Waals surface area (Å²) in [5, 5.41) is 8.14. The molecule has 0 unspecified atom stereocenters. The van der Waals surface area contributed by atoms with Crippen LogP contribution in [-0.2, 0) is 0 Å². The van der Waals surface area contributed by atoms with E-state index in [1.165, 1.54) is 6.08 Å². The molecule has 3 heteroatoms. The second kappa shape index (κ2) is 3.36. The summed E-state index contributed by atoms with van der Waals surface area (Å²) in [7, 11) is 0. The molecule has 0 N–H and O–H groups in total. The first kappa shape index (κ1) is 6.43. The van der Waals surface area contributed by atoms with Crippen LogP contribution in [0.25, 0.3) is 6.08 Å². The fourth-order valence-electron chi connectivity index (χ4n) is 0.508. The Balaban J connectivity index is 2.79. The summed E-state index contributed by atoms with van der Waals surface area (Å²) in [4.78, 5) is 7.73. The smallest absolute Gasteiger partial charge is 0.152 e. The van der Waals surface area contributed by atoms with Crippen LogP contribution in [0.15, 0.2) is 24.5 Å². The molecule has 0 saturated carbocycles. The van der Waals surface area contributed by atoms with Gasteiger partial charge in [0.25, 0.3) is 0 Å². The predicted molar refractivity (Wildman–Crippen MR) is 36.7 cm³/mol. The molecule has 0 atom stereocenters. The molecule has 0 bridgehead atoms. The van der Waals surface area contributed by atoms with Crippen LogP contribution in [0.5, 0.6) is 0 Å². The minimum Gasteiger partial charge on any atom is -0.237 e. The Hall–Kier alpha value is -1.69. The van der Waals surface area contributed by atoms with Gasteiger partial charge in [0.05, 0.1) is 6.07 Å². The van der Waals surface area contributed by atoms with Crippen molar-refractivity contribution in [2.75, 3.05) is 0 Å². The predicted octanol–water partition coefficient (Wildman–Crippen LogP) is 1.01. The molecule has 1 aromatic heterocycles. The largest absolute Gasteiger partial charge is 0.237 e. The van der Waals surface area contributed by atoms with Crippen molar-refractivity contribution in [1.29, 1.82) is 5.26 Å². The van der Waals surface area contributed by atoms with Crippen LogP contribution < -0.4 is 0 Å². The molecule has 1 heterocycles. The maximum Gasteiger partial charge on any atom is 0.152 e. The topological polar surface area (TPSA) is 49.6 Å². The SMILES string of the molecule is N#CC=Cc1ncccn1. The van der Waals surface area contributed by atoms with Gasteiger partial charge in [0, 0.05) is 18.5 Å². The molecular formula is C7H5N3. The summed E-state index contributed by atoms with van der Waals surface area (Å²) in [5.74, 6) is 0.559. The minimum absolute atomic E-state index is 0.559. The Morgan fingerprint density at radius 2 is 2.10 bits per heavy atom. The number of nitriles is 1. The van der Waals surface area contributed by atoms with Crippen LogP contribution in [-0.4, -0.2) is 9.97 Å². The molecule has 48 valence electrons. The third-order valence-electron chi connectivity index (χ3n) is 0.893. The summed E-state index contributed by atoms with van der Waals surface area (Å²) in [5.41, 5.74) is 0. The lowest BCUT2D eigenvalue weighted by Gasteiger charge is -1.84. The average molecular weight is 131 g/mol. The lowest BCUT2D eigenvalue weighted by molar-refractivity contribution is 1.13. The van der Waals surface area contributed by atoms with Gasteiger partial charge in [-0.3, -0.25) is 0 Å². The van der Waals surface area contributed by atoms with Crippen molar-refractivity contribution in [3.8, 4) is 6.07 Å². The summed E-state index contributed by atoms with van der Waals surface area (Å²) in [6, 6.07) is 3.58. The summed E-state index contributed by atoms with van der Waals surface area (Å²) < 4.78 is 0. The fraction of sp³-hybridized carbons (Fsp3) is 0. The molecular weight excluding hydrogens is 126 g/mol. The number of hydrogen-bond acceptors (Lipinski definition) is 3. The number of nitrogens with zero attached hydrogens (tertiary/aromatic N) is 3. The maximum atomic E-state index is 8.14.